The van der Waals surface area contributed by atoms with E-state index < -0.39 is 0 Å². The van der Waals surface area contributed by atoms with Crippen molar-refractivity contribution in [2.24, 2.45) is 0 Å². The first kappa shape index (κ1) is 11.0. The van der Waals surface area contributed by atoms with Crippen molar-refractivity contribution in [3.63, 3.8) is 0 Å². The molecule has 0 saturated heterocycles. The highest BCUT2D eigenvalue weighted by molar-refractivity contribution is 4.70. The van der Waals surface area contributed by atoms with Crippen LogP contribution < -0.4 is 5.32 Å². The molecule has 0 aliphatic heterocycles. The van der Waals surface area contributed by atoms with Gasteiger partial charge in [-0.3, -0.25) is 0 Å². The van der Waals surface area contributed by atoms with Gasteiger partial charge in [0.2, 0.25) is 0 Å². The molecule has 13 heavy (non-hydrogen) atoms. The molecule has 0 atom stereocenters. The van der Waals surface area contributed by atoms with E-state index in [1.54, 1.807) is 0 Å². The van der Waals surface area contributed by atoms with Gasteiger partial charge in [0.05, 0.1) is 0 Å². The van der Waals surface area contributed by atoms with Gasteiger partial charge in [-0.15, -0.1) is 0 Å². The molecular weight excluding hydrogens is 158 g/mol. The zero-order valence-electron chi connectivity index (χ0n) is 9.10. The standard InChI is InChI=1S/C12H24N/c1-2-3-4-8-11-13-12-9-6-5-7-10-12/h12H,2-11H2,1H3. The van der Waals surface area contributed by atoms with E-state index >= 15 is 0 Å². The molecule has 0 heterocycles. The zero-order valence-corrected chi connectivity index (χ0v) is 9.10. The first-order chi connectivity index (χ1) is 6.43. The summed E-state index contributed by atoms with van der Waals surface area (Å²) >= 11 is 0. The molecule has 1 aliphatic rings. The van der Waals surface area contributed by atoms with E-state index in [2.05, 4.69) is 6.92 Å². The van der Waals surface area contributed by atoms with Gasteiger partial charge in [0, 0.05) is 12.6 Å². The number of hydrogen-bond donors (Lipinski definition) is 0. The summed E-state index contributed by atoms with van der Waals surface area (Å²) in [5, 5.41) is 4.75. The van der Waals surface area contributed by atoms with E-state index in [1.807, 2.05) is 0 Å². The third-order valence-electron chi connectivity index (χ3n) is 2.97. The fourth-order valence-corrected chi connectivity index (χ4v) is 2.08. The minimum absolute atomic E-state index is 0.732. The van der Waals surface area contributed by atoms with Crippen molar-refractivity contribution in [2.75, 3.05) is 6.54 Å². The number of nitrogens with zero attached hydrogens (tertiary/aromatic N) is 1. The summed E-state index contributed by atoms with van der Waals surface area (Å²) in [7, 11) is 0. The lowest BCUT2D eigenvalue weighted by Crippen LogP contribution is -2.25. The van der Waals surface area contributed by atoms with Crippen molar-refractivity contribution in [1.29, 1.82) is 0 Å². The lowest BCUT2D eigenvalue weighted by atomic mass is 9.95. The van der Waals surface area contributed by atoms with Gasteiger partial charge in [-0.1, -0.05) is 45.4 Å². The highest BCUT2D eigenvalue weighted by Crippen LogP contribution is 2.18. The molecule has 0 bridgehead atoms. The summed E-state index contributed by atoms with van der Waals surface area (Å²) in [6, 6.07) is 0.732. The fourth-order valence-electron chi connectivity index (χ4n) is 2.08. The van der Waals surface area contributed by atoms with Gasteiger partial charge in [-0.2, -0.15) is 0 Å². The van der Waals surface area contributed by atoms with Crippen molar-refractivity contribution in [3.8, 4) is 0 Å². The monoisotopic (exact) mass is 182 g/mol. The quantitative estimate of drug-likeness (QED) is 0.558. The van der Waals surface area contributed by atoms with E-state index in [9.17, 15) is 0 Å². The lowest BCUT2D eigenvalue weighted by Gasteiger charge is -2.21. The number of unbranched alkanes of at least 4 members (excludes halogenated alkanes) is 3. The van der Waals surface area contributed by atoms with E-state index in [0.29, 0.717) is 0 Å². The molecule has 0 aromatic heterocycles. The molecule has 1 fully saturated rings. The van der Waals surface area contributed by atoms with Crippen molar-refractivity contribution >= 4 is 0 Å². The molecule has 1 aliphatic carbocycles. The molecule has 0 unspecified atom stereocenters. The Bertz CT molecular complexity index is 106. The summed E-state index contributed by atoms with van der Waals surface area (Å²) in [4.78, 5) is 0. The predicted octanol–water partition coefficient (Wildman–Crippen LogP) is 3.50. The molecular formula is C12H24N. The maximum absolute atomic E-state index is 4.75. The van der Waals surface area contributed by atoms with E-state index in [-0.39, 0.29) is 0 Å². The minimum atomic E-state index is 0.732. The van der Waals surface area contributed by atoms with Gasteiger partial charge in [0.15, 0.2) is 0 Å². The van der Waals surface area contributed by atoms with Crippen LogP contribution in [-0.2, 0) is 0 Å². The average Bonchev–Trinajstić information content (AvgIpc) is 2.19. The van der Waals surface area contributed by atoms with E-state index in [4.69, 9.17) is 5.32 Å². The van der Waals surface area contributed by atoms with Gasteiger partial charge in [-0.25, -0.2) is 5.32 Å². The Balaban J connectivity index is 1.86. The summed E-state index contributed by atoms with van der Waals surface area (Å²) in [6.07, 6.45) is 12.5. The maximum atomic E-state index is 4.75. The molecule has 1 saturated carbocycles. The first-order valence-corrected chi connectivity index (χ1v) is 6.10. The van der Waals surface area contributed by atoms with Crippen LogP contribution >= 0.6 is 0 Å². The van der Waals surface area contributed by atoms with Crippen LogP contribution in [0.1, 0.15) is 64.7 Å². The second-order valence-corrected chi connectivity index (χ2v) is 4.26. The molecule has 0 spiro atoms. The maximum Gasteiger partial charge on any atom is 0.0246 e. The molecule has 1 heteroatoms. The van der Waals surface area contributed by atoms with Crippen LogP contribution in [0.4, 0.5) is 0 Å². The summed E-state index contributed by atoms with van der Waals surface area (Å²) in [5.74, 6) is 0. The lowest BCUT2D eigenvalue weighted by molar-refractivity contribution is 0.364. The molecule has 0 amide bonds. The minimum Gasteiger partial charge on any atom is -0.238 e. The Morgan fingerprint density at radius 3 is 2.46 bits per heavy atom. The van der Waals surface area contributed by atoms with Crippen LogP contribution in [-0.4, -0.2) is 12.6 Å². The van der Waals surface area contributed by atoms with Crippen LogP contribution in [0.5, 0.6) is 0 Å². The molecule has 1 rings (SSSR count). The number of rotatable bonds is 6. The van der Waals surface area contributed by atoms with Gasteiger partial charge in [-0.05, 0) is 19.3 Å². The SMILES string of the molecule is CCCCCC[N]C1CCCCC1. The second-order valence-electron chi connectivity index (χ2n) is 4.26. The molecule has 1 radical (unpaired) electrons. The van der Waals surface area contributed by atoms with Crippen molar-refractivity contribution in [2.45, 2.75) is 70.8 Å². The second kappa shape index (κ2) is 7.37. The zero-order chi connectivity index (χ0) is 9.36. The Morgan fingerprint density at radius 1 is 1.00 bits per heavy atom. The van der Waals surface area contributed by atoms with Crippen LogP contribution in [0.25, 0.3) is 0 Å². The van der Waals surface area contributed by atoms with Crippen LogP contribution in [0.3, 0.4) is 0 Å². The molecule has 0 aromatic rings. The smallest absolute Gasteiger partial charge is 0.0246 e. The molecule has 0 N–H and O–H groups in total. The van der Waals surface area contributed by atoms with Crippen molar-refractivity contribution in [1.82, 2.24) is 5.32 Å². The first-order valence-electron chi connectivity index (χ1n) is 6.10. The van der Waals surface area contributed by atoms with Crippen LogP contribution in [0.15, 0.2) is 0 Å². The van der Waals surface area contributed by atoms with Gasteiger partial charge >= 0.3 is 0 Å². The highest BCUT2D eigenvalue weighted by atomic mass is 14.9. The Kier molecular flexibility index (Phi) is 6.26. The predicted molar refractivity (Wildman–Crippen MR) is 58.0 cm³/mol. The van der Waals surface area contributed by atoms with Gasteiger partial charge in [0.25, 0.3) is 0 Å². The number of hydrogen-bond acceptors (Lipinski definition) is 0. The summed E-state index contributed by atoms with van der Waals surface area (Å²) in [5.41, 5.74) is 0. The highest BCUT2D eigenvalue weighted by Gasteiger charge is 2.12. The van der Waals surface area contributed by atoms with E-state index in [1.165, 1.54) is 57.8 Å². The molecule has 77 valence electrons. The normalized spacial score (nSPS) is 19.2. The van der Waals surface area contributed by atoms with Crippen molar-refractivity contribution in [3.05, 3.63) is 0 Å². The van der Waals surface area contributed by atoms with Crippen LogP contribution in [0, 0.1) is 0 Å². The Morgan fingerprint density at radius 2 is 1.77 bits per heavy atom. The fraction of sp³-hybridized carbons (Fsp3) is 1.00. The Labute approximate surface area is 83.3 Å². The topological polar surface area (TPSA) is 14.1 Å². The average molecular weight is 182 g/mol. The van der Waals surface area contributed by atoms with Crippen molar-refractivity contribution < 1.29 is 0 Å². The molecule has 0 aromatic carbocycles. The third-order valence-corrected chi connectivity index (χ3v) is 2.97. The third kappa shape index (κ3) is 5.30. The van der Waals surface area contributed by atoms with Crippen LogP contribution in [0.2, 0.25) is 0 Å². The van der Waals surface area contributed by atoms with Gasteiger partial charge < -0.3 is 0 Å². The van der Waals surface area contributed by atoms with E-state index in [0.717, 1.165) is 12.6 Å². The molecule has 1 nitrogen and oxygen atoms in total. The summed E-state index contributed by atoms with van der Waals surface area (Å²) in [6.45, 7) is 3.39. The largest absolute Gasteiger partial charge is 0.238 e. The summed E-state index contributed by atoms with van der Waals surface area (Å²) < 4.78 is 0. The van der Waals surface area contributed by atoms with Gasteiger partial charge in [0.1, 0.15) is 0 Å². The Hall–Kier alpha value is -0.0400.